The highest BCUT2D eigenvalue weighted by molar-refractivity contribution is 5.94. The molecule has 4 N–H and O–H groups in total. The summed E-state index contributed by atoms with van der Waals surface area (Å²) in [5, 5.41) is 11.9. The van der Waals surface area contributed by atoms with E-state index in [1.165, 1.54) is 6.07 Å². The highest BCUT2D eigenvalue weighted by Crippen LogP contribution is 2.32. The summed E-state index contributed by atoms with van der Waals surface area (Å²) in [5.41, 5.74) is 7.06. The standard InChI is InChI=1S/C14H17N3O3/c15-11-6-8(3-4-9(11)14(19)20)17-5-1-2-10-12(17)7-16-13(10)18/h3-4,6,10,12H,1-2,5,7,15H2,(H,16,18)(H,19,20). The molecule has 2 aliphatic rings. The number of carboxylic acids is 1. The molecule has 3 rings (SSSR count). The van der Waals surface area contributed by atoms with Crippen LogP contribution in [0.1, 0.15) is 23.2 Å². The largest absolute Gasteiger partial charge is 0.478 e. The Hall–Kier alpha value is -2.24. The molecule has 0 bridgehead atoms. The van der Waals surface area contributed by atoms with Gasteiger partial charge in [0, 0.05) is 24.5 Å². The van der Waals surface area contributed by atoms with Gasteiger partial charge in [-0.1, -0.05) is 0 Å². The zero-order valence-electron chi connectivity index (χ0n) is 11.0. The van der Waals surface area contributed by atoms with Crippen LogP contribution in [0.25, 0.3) is 0 Å². The van der Waals surface area contributed by atoms with Crippen LogP contribution in [0.5, 0.6) is 0 Å². The Labute approximate surface area is 116 Å². The van der Waals surface area contributed by atoms with Crippen LogP contribution in [-0.4, -0.2) is 36.1 Å². The number of carbonyl (C=O) groups excluding carboxylic acids is 1. The Morgan fingerprint density at radius 1 is 1.45 bits per heavy atom. The molecule has 20 heavy (non-hydrogen) atoms. The fourth-order valence-electron chi connectivity index (χ4n) is 3.20. The molecular weight excluding hydrogens is 258 g/mol. The smallest absolute Gasteiger partial charge is 0.337 e. The minimum atomic E-state index is -1.02. The number of rotatable bonds is 2. The summed E-state index contributed by atoms with van der Waals surface area (Å²) in [5.74, 6) is -0.873. The van der Waals surface area contributed by atoms with Crippen molar-refractivity contribution >= 4 is 23.3 Å². The highest BCUT2D eigenvalue weighted by Gasteiger charge is 2.40. The van der Waals surface area contributed by atoms with Crippen molar-refractivity contribution in [2.75, 3.05) is 23.7 Å². The van der Waals surface area contributed by atoms with Crippen LogP contribution in [0.3, 0.4) is 0 Å². The normalized spacial score (nSPS) is 25.2. The molecule has 0 aliphatic carbocycles. The predicted octanol–water partition coefficient (Wildman–Crippen LogP) is 0.682. The minimum absolute atomic E-state index is 0.0316. The number of hydrogen-bond acceptors (Lipinski definition) is 4. The van der Waals surface area contributed by atoms with Crippen LogP contribution in [-0.2, 0) is 4.79 Å². The number of nitrogens with zero attached hydrogens (tertiary/aromatic N) is 1. The van der Waals surface area contributed by atoms with E-state index in [-0.39, 0.29) is 29.1 Å². The van der Waals surface area contributed by atoms with Gasteiger partial charge in [0.25, 0.3) is 0 Å². The van der Waals surface area contributed by atoms with Crippen molar-refractivity contribution in [1.29, 1.82) is 0 Å². The molecule has 1 aromatic rings. The number of nitrogens with two attached hydrogens (primary N) is 1. The number of nitrogens with one attached hydrogen (secondary N) is 1. The average Bonchev–Trinajstić information content (AvgIpc) is 2.80. The quantitative estimate of drug-likeness (QED) is 0.690. The lowest BCUT2D eigenvalue weighted by molar-refractivity contribution is -0.123. The number of fused-ring (bicyclic) bond motifs is 1. The van der Waals surface area contributed by atoms with Gasteiger partial charge in [0.1, 0.15) is 0 Å². The Balaban J connectivity index is 1.90. The summed E-state index contributed by atoms with van der Waals surface area (Å²) in [7, 11) is 0. The zero-order chi connectivity index (χ0) is 14.3. The molecule has 2 aliphatic heterocycles. The SMILES string of the molecule is Nc1cc(N2CCCC3C(=O)NCC32)ccc1C(=O)O. The first-order chi connectivity index (χ1) is 9.58. The maximum absolute atomic E-state index is 11.8. The lowest BCUT2D eigenvalue weighted by atomic mass is 9.91. The van der Waals surface area contributed by atoms with Crippen molar-refractivity contribution in [3.8, 4) is 0 Å². The van der Waals surface area contributed by atoms with Crippen molar-refractivity contribution in [2.24, 2.45) is 5.92 Å². The van der Waals surface area contributed by atoms with Crippen LogP contribution >= 0.6 is 0 Å². The van der Waals surface area contributed by atoms with Gasteiger partial charge in [-0.2, -0.15) is 0 Å². The third-order valence-electron chi connectivity index (χ3n) is 4.20. The summed E-state index contributed by atoms with van der Waals surface area (Å²) >= 11 is 0. The number of benzene rings is 1. The molecule has 0 aromatic heterocycles. The van der Waals surface area contributed by atoms with Crippen LogP contribution in [0.15, 0.2) is 18.2 Å². The summed E-state index contributed by atoms with van der Waals surface area (Å²) < 4.78 is 0. The van der Waals surface area contributed by atoms with Gasteiger partial charge in [-0.05, 0) is 31.0 Å². The lowest BCUT2D eigenvalue weighted by Crippen LogP contribution is -2.45. The Morgan fingerprint density at radius 3 is 2.95 bits per heavy atom. The predicted molar refractivity (Wildman–Crippen MR) is 74.7 cm³/mol. The van der Waals surface area contributed by atoms with Gasteiger partial charge < -0.3 is 21.1 Å². The lowest BCUT2D eigenvalue weighted by Gasteiger charge is -2.37. The van der Waals surface area contributed by atoms with E-state index < -0.39 is 5.97 Å². The van der Waals surface area contributed by atoms with E-state index in [4.69, 9.17) is 10.8 Å². The fourth-order valence-corrected chi connectivity index (χ4v) is 3.20. The maximum atomic E-state index is 11.8. The number of carboxylic acid groups (broad SMARTS) is 1. The van der Waals surface area contributed by atoms with Gasteiger partial charge >= 0.3 is 5.97 Å². The van der Waals surface area contributed by atoms with E-state index >= 15 is 0 Å². The first kappa shape index (κ1) is 12.8. The van der Waals surface area contributed by atoms with Gasteiger partial charge in [0.05, 0.1) is 17.5 Å². The van der Waals surface area contributed by atoms with Crippen LogP contribution in [0.2, 0.25) is 0 Å². The molecule has 6 heteroatoms. The number of anilines is 2. The molecule has 1 amide bonds. The number of carbonyl (C=O) groups is 2. The molecule has 106 valence electrons. The highest BCUT2D eigenvalue weighted by atomic mass is 16.4. The molecule has 1 aromatic carbocycles. The second-order valence-corrected chi connectivity index (χ2v) is 5.33. The monoisotopic (exact) mass is 275 g/mol. The summed E-state index contributed by atoms with van der Waals surface area (Å²) in [6, 6.07) is 5.13. The van der Waals surface area contributed by atoms with Gasteiger partial charge in [-0.25, -0.2) is 4.79 Å². The van der Waals surface area contributed by atoms with E-state index in [2.05, 4.69) is 10.2 Å². The molecule has 2 unspecified atom stereocenters. The minimum Gasteiger partial charge on any atom is -0.478 e. The Kier molecular flexibility index (Phi) is 3.00. The van der Waals surface area contributed by atoms with Crippen molar-refractivity contribution in [1.82, 2.24) is 5.32 Å². The third-order valence-corrected chi connectivity index (χ3v) is 4.20. The molecular formula is C14H17N3O3. The molecule has 2 saturated heterocycles. The summed E-state index contributed by atoms with van der Waals surface area (Å²) in [6.07, 6.45) is 1.87. The number of aromatic carboxylic acids is 1. The van der Waals surface area contributed by atoms with Crippen molar-refractivity contribution in [2.45, 2.75) is 18.9 Å². The van der Waals surface area contributed by atoms with Gasteiger partial charge in [-0.3, -0.25) is 4.79 Å². The molecule has 2 heterocycles. The molecule has 2 atom stereocenters. The van der Waals surface area contributed by atoms with Gasteiger partial charge in [-0.15, -0.1) is 0 Å². The number of hydrogen-bond donors (Lipinski definition) is 3. The fraction of sp³-hybridized carbons (Fsp3) is 0.429. The summed E-state index contributed by atoms with van der Waals surface area (Å²) in [6.45, 7) is 1.51. The Morgan fingerprint density at radius 2 is 2.25 bits per heavy atom. The summed E-state index contributed by atoms with van der Waals surface area (Å²) in [4.78, 5) is 24.9. The first-order valence-electron chi connectivity index (χ1n) is 6.75. The molecule has 0 radical (unpaired) electrons. The van der Waals surface area contributed by atoms with Gasteiger partial charge in [0.2, 0.25) is 5.91 Å². The first-order valence-corrected chi connectivity index (χ1v) is 6.75. The third kappa shape index (κ3) is 1.97. The zero-order valence-corrected chi connectivity index (χ0v) is 11.0. The van der Waals surface area contributed by atoms with E-state index in [0.717, 1.165) is 25.1 Å². The molecule has 0 saturated carbocycles. The average molecular weight is 275 g/mol. The number of amides is 1. The van der Waals surface area contributed by atoms with E-state index in [9.17, 15) is 9.59 Å². The molecule has 0 spiro atoms. The van der Waals surface area contributed by atoms with E-state index in [1.54, 1.807) is 12.1 Å². The molecule has 6 nitrogen and oxygen atoms in total. The van der Waals surface area contributed by atoms with Crippen LogP contribution in [0, 0.1) is 5.92 Å². The second-order valence-electron chi connectivity index (χ2n) is 5.33. The van der Waals surface area contributed by atoms with Gasteiger partial charge in [0.15, 0.2) is 0 Å². The molecule has 2 fully saturated rings. The second kappa shape index (κ2) is 4.70. The number of nitrogen functional groups attached to an aromatic ring is 1. The van der Waals surface area contributed by atoms with Crippen molar-refractivity contribution in [3.63, 3.8) is 0 Å². The number of piperidine rings is 1. The Bertz CT molecular complexity index is 573. The van der Waals surface area contributed by atoms with E-state index in [0.29, 0.717) is 6.54 Å². The van der Waals surface area contributed by atoms with Crippen molar-refractivity contribution < 1.29 is 14.7 Å². The van der Waals surface area contributed by atoms with E-state index in [1.807, 2.05) is 0 Å². The topological polar surface area (TPSA) is 95.7 Å². The maximum Gasteiger partial charge on any atom is 0.337 e. The van der Waals surface area contributed by atoms with Crippen LogP contribution < -0.4 is 16.0 Å². The van der Waals surface area contributed by atoms with Crippen molar-refractivity contribution in [3.05, 3.63) is 23.8 Å². The van der Waals surface area contributed by atoms with Crippen LogP contribution in [0.4, 0.5) is 11.4 Å².